The van der Waals surface area contributed by atoms with Crippen LogP contribution in [0.1, 0.15) is 48.1 Å². The first-order chi connectivity index (χ1) is 28.0. The number of carbonyl (C=O) groups is 2. The summed E-state index contributed by atoms with van der Waals surface area (Å²) in [5, 5.41) is 20.6. The lowest BCUT2D eigenvalue weighted by atomic mass is 9.92. The van der Waals surface area contributed by atoms with Gasteiger partial charge in [0.15, 0.2) is 0 Å². The lowest BCUT2D eigenvalue weighted by molar-refractivity contribution is -0.151. The van der Waals surface area contributed by atoms with Gasteiger partial charge in [-0.1, -0.05) is 62.7 Å². The predicted molar refractivity (Wildman–Crippen MR) is 225 cm³/mol. The Hall–Kier alpha value is -6.42. The molecule has 1 saturated heterocycles. The molecule has 0 radical (unpaired) electrons. The van der Waals surface area contributed by atoms with Gasteiger partial charge in [0.1, 0.15) is 35.5 Å². The maximum absolute atomic E-state index is 13.5. The highest BCUT2D eigenvalue weighted by Crippen LogP contribution is 2.33. The van der Waals surface area contributed by atoms with Gasteiger partial charge >= 0.3 is 6.03 Å². The fraction of sp³-hybridized carbons (Fsp3) is 0.302. The lowest BCUT2D eigenvalue weighted by Gasteiger charge is -2.32. The molecule has 300 valence electrons. The highest BCUT2D eigenvalue weighted by atomic mass is 16.7. The molecule has 1 aliphatic heterocycles. The van der Waals surface area contributed by atoms with Crippen LogP contribution in [0.3, 0.4) is 0 Å². The Labute approximate surface area is 337 Å². The number of amides is 3. The molecule has 3 aromatic heterocycles. The van der Waals surface area contributed by atoms with E-state index in [2.05, 4.69) is 61.9 Å². The molecule has 0 spiro atoms. The van der Waals surface area contributed by atoms with Gasteiger partial charge in [0.2, 0.25) is 0 Å². The summed E-state index contributed by atoms with van der Waals surface area (Å²) in [6.07, 6.45) is 4.64. The predicted octanol–water partition coefficient (Wildman–Crippen LogP) is 6.69. The number of nitrogens with zero attached hydrogens (tertiary/aromatic N) is 7. The molecule has 3 aromatic carbocycles. The Morgan fingerprint density at radius 1 is 0.828 bits per heavy atom. The molecule has 7 rings (SSSR count). The van der Waals surface area contributed by atoms with Gasteiger partial charge < -0.3 is 25.5 Å². The zero-order valence-electron chi connectivity index (χ0n) is 33.5. The van der Waals surface area contributed by atoms with E-state index in [4.69, 9.17) is 14.7 Å². The fourth-order valence-corrected chi connectivity index (χ4v) is 6.48. The van der Waals surface area contributed by atoms with Crippen molar-refractivity contribution in [3.8, 4) is 11.4 Å². The van der Waals surface area contributed by atoms with Gasteiger partial charge in [0.25, 0.3) is 5.91 Å². The number of rotatable bonds is 13. The molecule has 4 heterocycles. The summed E-state index contributed by atoms with van der Waals surface area (Å²) in [7, 11) is 1.68. The molecule has 0 saturated carbocycles. The Morgan fingerprint density at radius 2 is 1.60 bits per heavy atom. The molecule has 4 N–H and O–H groups in total. The Bertz CT molecular complexity index is 2350. The second kappa shape index (κ2) is 17.8. The first kappa shape index (κ1) is 39.8. The number of nitrogens with one attached hydrogen (secondary N) is 4. The van der Waals surface area contributed by atoms with Crippen LogP contribution in [-0.2, 0) is 16.9 Å². The van der Waals surface area contributed by atoms with Crippen molar-refractivity contribution in [3.05, 3.63) is 120 Å². The number of anilines is 4. The van der Waals surface area contributed by atoms with Gasteiger partial charge in [-0.05, 0) is 48.9 Å². The molecule has 0 aliphatic carbocycles. The summed E-state index contributed by atoms with van der Waals surface area (Å²) >= 11 is 0. The van der Waals surface area contributed by atoms with Crippen molar-refractivity contribution < 1.29 is 19.2 Å². The molecule has 3 amide bonds. The smallest absolute Gasteiger partial charge is 0.324 e. The maximum Gasteiger partial charge on any atom is 0.324 e. The zero-order valence-corrected chi connectivity index (χ0v) is 33.5. The molecule has 1 aliphatic rings. The normalized spacial score (nSPS) is 13.6. The zero-order chi connectivity index (χ0) is 40.6. The summed E-state index contributed by atoms with van der Waals surface area (Å²) in [6.45, 7) is 13.3. The number of urea groups is 1. The first-order valence-corrected chi connectivity index (χ1v) is 19.3. The van der Waals surface area contributed by atoms with Crippen molar-refractivity contribution in [1.29, 1.82) is 0 Å². The first-order valence-electron chi connectivity index (χ1n) is 19.3. The number of carbonyl (C=O) groups excluding carboxylic acids is 2. The van der Waals surface area contributed by atoms with Crippen LogP contribution in [0.4, 0.5) is 27.9 Å². The van der Waals surface area contributed by atoms with Crippen LogP contribution < -0.4 is 26.0 Å². The van der Waals surface area contributed by atoms with Crippen molar-refractivity contribution in [1.82, 2.24) is 40.0 Å². The highest BCUT2D eigenvalue weighted by molar-refractivity contribution is 6.07. The molecule has 1 fully saturated rings. The number of aryl methyl sites for hydroxylation is 1. The van der Waals surface area contributed by atoms with Gasteiger partial charge in [-0.2, -0.15) is 10.2 Å². The van der Waals surface area contributed by atoms with Crippen molar-refractivity contribution in [3.63, 3.8) is 0 Å². The Morgan fingerprint density at radius 3 is 2.33 bits per heavy atom. The fourth-order valence-electron chi connectivity index (χ4n) is 6.48. The van der Waals surface area contributed by atoms with E-state index in [-0.39, 0.29) is 23.6 Å². The molecular weight excluding hydrogens is 735 g/mol. The summed E-state index contributed by atoms with van der Waals surface area (Å²) in [6, 6.07) is 24.7. The minimum Gasteiger partial charge on any atom is -0.488 e. The van der Waals surface area contributed by atoms with Crippen molar-refractivity contribution >= 4 is 45.9 Å². The van der Waals surface area contributed by atoms with E-state index in [1.54, 1.807) is 18.0 Å². The molecule has 0 bridgehead atoms. The van der Waals surface area contributed by atoms with E-state index in [9.17, 15) is 9.59 Å². The molecule has 0 unspecified atom stereocenters. The van der Waals surface area contributed by atoms with Crippen molar-refractivity contribution in [2.24, 2.45) is 0 Å². The molecule has 15 heteroatoms. The number of hydrogen-bond donors (Lipinski definition) is 4. The van der Waals surface area contributed by atoms with Gasteiger partial charge in [-0.3, -0.25) is 15.0 Å². The minimum absolute atomic E-state index is 0.215. The standard InChI is InChI=1S/C43H49N11O4/c1-29-10-12-31(13-11-29)54-40(25-37(51-54)43(2,3)4)50-42(56)48-34-14-15-36(33-9-7-6-8-32(33)34)58-28-30-16-17-44-38(24-30)49-39-27-46-35(26-47-39)41(55)45-18-19-52-20-22-53(57-5)23-21-52/h6-17,24-27H,18-23,28H2,1-5H3,(H,45,55)(H,44,47,49)(H2,48,50,56). The van der Waals surface area contributed by atoms with Crippen LogP contribution >= 0.6 is 0 Å². The third-order valence-corrected chi connectivity index (χ3v) is 9.79. The van der Waals surface area contributed by atoms with E-state index >= 15 is 0 Å². The second-order valence-corrected chi connectivity index (χ2v) is 15.1. The summed E-state index contributed by atoms with van der Waals surface area (Å²) in [5.74, 6) is 1.95. The molecular formula is C43H49N11O4. The average Bonchev–Trinajstić information content (AvgIpc) is 3.66. The third-order valence-electron chi connectivity index (χ3n) is 9.79. The van der Waals surface area contributed by atoms with Crippen LogP contribution in [0, 0.1) is 6.92 Å². The molecule has 58 heavy (non-hydrogen) atoms. The second-order valence-electron chi connectivity index (χ2n) is 15.1. The van der Waals surface area contributed by atoms with Crippen molar-refractivity contribution in [2.45, 2.75) is 39.7 Å². The van der Waals surface area contributed by atoms with Gasteiger partial charge in [-0.25, -0.2) is 24.4 Å². The SMILES string of the molecule is CON1CCN(CCNC(=O)c2cnc(Nc3cc(COc4ccc(NC(=O)Nc5cc(C(C)(C)C)nn5-c5ccc(C)cc5)c5ccccc45)ccn3)cn2)CC1. The minimum atomic E-state index is -0.393. The number of benzene rings is 3. The number of fused-ring (bicyclic) bond motifs is 1. The largest absolute Gasteiger partial charge is 0.488 e. The monoisotopic (exact) mass is 783 g/mol. The number of aromatic nitrogens is 5. The highest BCUT2D eigenvalue weighted by Gasteiger charge is 2.22. The lowest BCUT2D eigenvalue weighted by Crippen LogP contribution is -2.47. The third kappa shape index (κ3) is 9.92. The molecule has 6 aromatic rings. The van der Waals surface area contributed by atoms with Crippen LogP contribution in [0.5, 0.6) is 5.75 Å². The molecule has 15 nitrogen and oxygen atoms in total. The quantitative estimate of drug-likeness (QED) is 0.0987. The average molecular weight is 784 g/mol. The number of pyridine rings is 1. The number of hydrogen-bond acceptors (Lipinski definition) is 11. The number of piperazine rings is 1. The van der Waals surface area contributed by atoms with E-state index in [1.165, 1.54) is 12.4 Å². The van der Waals surface area contributed by atoms with Crippen LogP contribution in [0.15, 0.2) is 97.5 Å². The van der Waals surface area contributed by atoms with Crippen LogP contribution in [0.25, 0.3) is 16.5 Å². The maximum atomic E-state index is 13.5. The van der Waals surface area contributed by atoms with Gasteiger partial charge in [0, 0.05) is 67.7 Å². The Balaban J connectivity index is 0.953. The van der Waals surface area contributed by atoms with Crippen molar-refractivity contribution in [2.75, 3.05) is 62.3 Å². The Kier molecular flexibility index (Phi) is 12.2. The molecule has 0 atom stereocenters. The van der Waals surface area contributed by atoms with E-state index in [0.29, 0.717) is 35.4 Å². The summed E-state index contributed by atoms with van der Waals surface area (Å²) in [4.78, 5) is 46.8. The van der Waals surface area contributed by atoms with Crippen LogP contribution in [-0.4, -0.2) is 93.0 Å². The van der Waals surface area contributed by atoms with Gasteiger partial charge in [-0.15, -0.1) is 0 Å². The summed E-state index contributed by atoms with van der Waals surface area (Å²) < 4.78 is 8.08. The number of ether oxygens (including phenoxy) is 1. The van der Waals surface area contributed by atoms with E-state index < -0.39 is 6.03 Å². The van der Waals surface area contributed by atoms with Gasteiger partial charge in [0.05, 0.1) is 36.6 Å². The van der Waals surface area contributed by atoms with E-state index in [0.717, 1.165) is 66.0 Å². The topological polar surface area (TPSA) is 164 Å². The van der Waals surface area contributed by atoms with E-state index in [1.807, 2.05) is 90.8 Å². The summed E-state index contributed by atoms with van der Waals surface area (Å²) in [5.41, 5.74) is 4.37. The van der Waals surface area contributed by atoms with Crippen LogP contribution in [0.2, 0.25) is 0 Å². The number of hydroxylamine groups is 2.